The van der Waals surface area contributed by atoms with Gasteiger partial charge in [-0.05, 0) is 50.1 Å². The van der Waals surface area contributed by atoms with Crippen LogP contribution in [0, 0.1) is 5.92 Å². The zero-order valence-electron chi connectivity index (χ0n) is 11.1. The summed E-state index contributed by atoms with van der Waals surface area (Å²) in [5.41, 5.74) is 7.18. The standard InChI is InChI=1S/C16H24N2/c17-9-8-14-10-15-6-7-16(11-14)18(15)12-13-4-2-1-3-5-13/h1-5,14-16H,6-12,17H2. The van der Waals surface area contributed by atoms with Gasteiger partial charge in [0.1, 0.15) is 0 Å². The van der Waals surface area contributed by atoms with Crippen LogP contribution >= 0.6 is 0 Å². The minimum Gasteiger partial charge on any atom is -0.330 e. The van der Waals surface area contributed by atoms with Gasteiger partial charge in [0.25, 0.3) is 0 Å². The Morgan fingerprint density at radius 1 is 1.06 bits per heavy atom. The number of piperidine rings is 1. The van der Waals surface area contributed by atoms with E-state index in [1.807, 2.05) is 0 Å². The SMILES string of the molecule is NCCC1CC2CCC(C1)N2Cc1ccccc1. The maximum Gasteiger partial charge on any atom is 0.0239 e. The Balaban J connectivity index is 1.65. The van der Waals surface area contributed by atoms with Crippen LogP contribution in [0.15, 0.2) is 30.3 Å². The quantitative estimate of drug-likeness (QED) is 0.882. The Morgan fingerprint density at radius 2 is 1.72 bits per heavy atom. The third-order valence-electron chi connectivity index (χ3n) is 4.76. The normalized spacial score (nSPS) is 31.7. The summed E-state index contributed by atoms with van der Waals surface area (Å²) in [5.74, 6) is 0.888. The summed E-state index contributed by atoms with van der Waals surface area (Å²) >= 11 is 0. The van der Waals surface area contributed by atoms with Crippen LogP contribution in [0.1, 0.15) is 37.7 Å². The molecule has 2 fully saturated rings. The molecular weight excluding hydrogens is 220 g/mol. The first-order valence-electron chi connectivity index (χ1n) is 7.36. The lowest BCUT2D eigenvalue weighted by Crippen LogP contribution is -2.42. The molecule has 0 radical (unpaired) electrons. The Kier molecular flexibility index (Phi) is 3.67. The number of benzene rings is 1. The van der Waals surface area contributed by atoms with Gasteiger partial charge in [0.2, 0.25) is 0 Å². The lowest BCUT2D eigenvalue weighted by atomic mass is 9.88. The van der Waals surface area contributed by atoms with Crippen molar-refractivity contribution in [3.05, 3.63) is 35.9 Å². The van der Waals surface area contributed by atoms with Gasteiger partial charge in [-0.25, -0.2) is 0 Å². The van der Waals surface area contributed by atoms with Gasteiger partial charge in [0, 0.05) is 18.6 Å². The van der Waals surface area contributed by atoms with Crippen LogP contribution in [0.5, 0.6) is 0 Å². The summed E-state index contributed by atoms with van der Waals surface area (Å²) in [6.45, 7) is 2.01. The largest absolute Gasteiger partial charge is 0.330 e. The van der Waals surface area contributed by atoms with Gasteiger partial charge in [-0.3, -0.25) is 4.90 Å². The second-order valence-electron chi connectivity index (χ2n) is 5.96. The van der Waals surface area contributed by atoms with E-state index in [1.165, 1.54) is 37.7 Å². The number of fused-ring (bicyclic) bond motifs is 2. The summed E-state index contributed by atoms with van der Waals surface area (Å²) in [5, 5.41) is 0. The highest BCUT2D eigenvalue weighted by Crippen LogP contribution is 2.40. The average molecular weight is 244 g/mol. The topological polar surface area (TPSA) is 29.3 Å². The summed E-state index contributed by atoms with van der Waals surface area (Å²) < 4.78 is 0. The van der Waals surface area contributed by atoms with E-state index in [0.29, 0.717) is 0 Å². The molecule has 2 heteroatoms. The van der Waals surface area contributed by atoms with Crippen molar-refractivity contribution in [3.8, 4) is 0 Å². The van der Waals surface area contributed by atoms with Crippen molar-refractivity contribution in [3.63, 3.8) is 0 Å². The molecule has 1 aromatic rings. The molecule has 18 heavy (non-hydrogen) atoms. The van der Waals surface area contributed by atoms with E-state index < -0.39 is 0 Å². The summed E-state index contributed by atoms with van der Waals surface area (Å²) in [6.07, 6.45) is 6.78. The fourth-order valence-corrected chi connectivity index (χ4v) is 3.91. The molecule has 2 unspecified atom stereocenters. The van der Waals surface area contributed by atoms with Gasteiger partial charge in [0.15, 0.2) is 0 Å². The molecule has 2 N–H and O–H groups in total. The average Bonchev–Trinajstić information content (AvgIpc) is 2.63. The third kappa shape index (κ3) is 2.45. The van der Waals surface area contributed by atoms with E-state index in [4.69, 9.17) is 5.73 Å². The molecule has 2 atom stereocenters. The van der Waals surface area contributed by atoms with Crippen molar-refractivity contribution in [2.75, 3.05) is 6.54 Å². The minimum absolute atomic E-state index is 0.820. The smallest absolute Gasteiger partial charge is 0.0239 e. The molecular formula is C16H24N2. The van der Waals surface area contributed by atoms with Gasteiger partial charge in [-0.15, -0.1) is 0 Å². The highest BCUT2D eigenvalue weighted by molar-refractivity contribution is 5.15. The molecule has 0 aromatic heterocycles. The summed E-state index contributed by atoms with van der Waals surface area (Å²) in [6, 6.07) is 12.6. The van der Waals surface area contributed by atoms with Crippen LogP contribution < -0.4 is 5.73 Å². The van der Waals surface area contributed by atoms with Gasteiger partial charge in [-0.2, -0.15) is 0 Å². The van der Waals surface area contributed by atoms with Crippen LogP contribution in [0.2, 0.25) is 0 Å². The predicted octanol–water partition coefficient (Wildman–Crippen LogP) is 2.78. The first-order valence-corrected chi connectivity index (χ1v) is 7.36. The van der Waals surface area contributed by atoms with E-state index in [-0.39, 0.29) is 0 Å². The van der Waals surface area contributed by atoms with Crippen LogP contribution in [0.4, 0.5) is 0 Å². The molecule has 0 amide bonds. The van der Waals surface area contributed by atoms with Crippen LogP contribution in [-0.4, -0.2) is 23.5 Å². The Bertz CT molecular complexity index is 362. The predicted molar refractivity (Wildman–Crippen MR) is 75.2 cm³/mol. The second-order valence-corrected chi connectivity index (χ2v) is 5.96. The Morgan fingerprint density at radius 3 is 2.33 bits per heavy atom. The van der Waals surface area contributed by atoms with Crippen LogP contribution in [0.25, 0.3) is 0 Å². The molecule has 2 aliphatic heterocycles. The van der Waals surface area contributed by atoms with Crippen LogP contribution in [0.3, 0.4) is 0 Å². The molecule has 2 bridgehead atoms. The molecule has 2 saturated heterocycles. The first kappa shape index (κ1) is 12.2. The maximum atomic E-state index is 5.72. The molecule has 98 valence electrons. The fraction of sp³-hybridized carbons (Fsp3) is 0.625. The van der Waals surface area contributed by atoms with Gasteiger partial charge >= 0.3 is 0 Å². The van der Waals surface area contributed by atoms with E-state index in [0.717, 1.165) is 31.1 Å². The van der Waals surface area contributed by atoms with Crippen LogP contribution in [-0.2, 0) is 6.54 Å². The van der Waals surface area contributed by atoms with E-state index in [2.05, 4.69) is 35.2 Å². The second kappa shape index (κ2) is 5.41. The zero-order valence-corrected chi connectivity index (χ0v) is 11.1. The van der Waals surface area contributed by atoms with Crippen molar-refractivity contribution in [2.24, 2.45) is 11.7 Å². The van der Waals surface area contributed by atoms with E-state index in [1.54, 1.807) is 0 Å². The summed E-state index contributed by atoms with van der Waals surface area (Å²) in [4.78, 5) is 2.75. The monoisotopic (exact) mass is 244 g/mol. The van der Waals surface area contributed by atoms with Gasteiger partial charge in [-0.1, -0.05) is 30.3 Å². The zero-order chi connectivity index (χ0) is 12.4. The molecule has 0 spiro atoms. The van der Waals surface area contributed by atoms with Crippen molar-refractivity contribution < 1.29 is 0 Å². The Hall–Kier alpha value is -0.860. The van der Waals surface area contributed by atoms with E-state index >= 15 is 0 Å². The van der Waals surface area contributed by atoms with Gasteiger partial charge < -0.3 is 5.73 Å². The third-order valence-corrected chi connectivity index (χ3v) is 4.76. The highest BCUT2D eigenvalue weighted by Gasteiger charge is 2.39. The fourth-order valence-electron chi connectivity index (χ4n) is 3.91. The number of hydrogen-bond donors (Lipinski definition) is 1. The Labute approximate surface area is 110 Å². The van der Waals surface area contributed by atoms with Crippen molar-refractivity contribution in [1.29, 1.82) is 0 Å². The van der Waals surface area contributed by atoms with Gasteiger partial charge in [0.05, 0.1) is 0 Å². The lowest BCUT2D eigenvalue weighted by molar-refractivity contribution is 0.0938. The van der Waals surface area contributed by atoms with Crippen molar-refractivity contribution >= 4 is 0 Å². The maximum absolute atomic E-state index is 5.72. The number of nitrogens with zero attached hydrogens (tertiary/aromatic N) is 1. The van der Waals surface area contributed by atoms with E-state index in [9.17, 15) is 0 Å². The molecule has 0 saturated carbocycles. The first-order chi connectivity index (χ1) is 8.86. The molecule has 1 aromatic carbocycles. The number of nitrogens with two attached hydrogens (primary N) is 1. The molecule has 2 heterocycles. The number of hydrogen-bond acceptors (Lipinski definition) is 2. The lowest BCUT2D eigenvalue weighted by Gasteiger charge is -2.39. The minimum atomic E-state index is 0.820. The molecule has 0 aliphatic carbocycles. The van der Waals surface area contributed by atoms with Crippen molar-refractivity contribution in [1.82, 2.24) is 4.90 Å². The van der Waals surface area contributed by atoms with Crippen molar-refractivity contribution in [2.45, 2.75) is 50.7 Å². The number of rotatable bonds is 4. The molecule has 2 nitrogen and oxygen atoms in total. The molecule has 3 rings (SSSR count). The molecule has 2 aliphatic rings. The summed E-state index contributed by atoms with van der Waals surface area (Å²) in [7, 11) is 0. The highest BCUT2D eigenvalue weighted by atomic mass is 15.2.